The summed E-state index contributed by atoms with van der Waals surface area (Å²) >= 11 is 4.86. The number of thiophene rings is 1. The second-order valence-electron chi connectivity index (χ2n) is 2.88. The zero-order valence-corrected chi connectivity index (χ0v) is 10.2. The molecule has 0 unspecified atom stereocenters. The lowest BCUT2D eigenvalue weighted by Gasteiger charge is -2.01. The Kier molecular flexibility index (Phi) is 4.77. The molecule has 1 heterocycles. The molecule has 1 aromatic heterocycles. The average molecular weight is 292 g/mol. The Bertz CT molecular complexity index is 364. The maximum atomic E-state index is 11.1. The van der Waals surface area contributed by atoms with E-state index in [0.717, 1.165) is 8.66 Å². The summed E-state index contributed by atoms with van der Waals surface area (Å²) in [6.07, 6.45) is -0.0954. The van der Waals surface area contributed by atoms with Crippen LogP contribution in [0, 0.1) is 0 Å². The first-order valence-corrected chi connectivity index (χ1v) is 5.91. The van der Waals surface area contributed by atoms with Gasteiger partial charge < -0.3 is 10.4 Å². The van der Waals surface area contributed by atoms with E-state index in [-0.39, 0.29) is 18.7 Å². The Morgan fingerprint density at radius 1 is 1.40 bits per heavy atom. The molecule has 4 nitrogen and oxygen atoms in total. The number of hydrogen-bond acceptors (Lipinski definition) is 3. The molecule has 6 heteroatoms. The molecule has 0 aliphatic carbocycles. The predicted molar refractivity (Wildman–Crippen MR) is 60.7 cm³/mol. The van der Waals surface area contributed by atoms with Gasteiger partial charge >= 0.3 is 5.97 Å². The molecule has 1 rings (SSSR count). The summed E-state index contributed by atoms with van der Waals surface area (Å²) in [5, 5.41) is 11.0. The standard InChI is InChI=1S/C9H10BrNO3S/c10-7-2-1-6(15-7)5-11-8(12)3-4-9(13)14/h1-2H,3-5H2,(H,11,12)(H,13,14). The summed E-state index contributed by atoms with van der Waals surface area (Å²) in [6.45, 7) is 0.453. The van der Waals surface area contributed by atoms with Crippen LogP contribution >= 0.6 is 27.3 Å². The lowest BCUT2D eigenvalue weighted by Crippen LogP contribution is -2.22. The van der Waals surface area contributed by atoms with Crippen molar-refractivity contribution in [3.8, 4) is 0 Å². The van der Waals surface area contributed by atoms with Crippen LogP contribution < -0.4 is 5.32 Å². The summed E-state index contributed by atoms with van der Waals surface area (Å²) in [5.41, 5.74) is 0. The minimum atomic E-state index is -0.955. The molecule has 0 aromatic carbocycles. The molecule has 1 aromatic rings. The highest BCUT2D eigenvalue weighted by Gasteiger charge is 2.05. The second-order valence-corrected chi connectivity index (χ2v) is 5.42. The largest absolute Gasteiger partial charge is 0.481 e. The molecule has 0 spiro atoms. The van der Waals surface area contributed by atoms with Gasteiger partial charge in [0.2, 0.25) is 5.91 Å². The van der Waals surface area contributed by atoms with E-state index in [4.69, 9.17) is 5.11 Å². The minimum Gasteiger partial charge on any atom is -0.481 e. The van der Waals surface area contributed by atoms with Crippen molar-refractivity contribution in [3.05, 3.63) is 20.8 Å². The molecule has 0 aliphatic heterocycles. The molecule has 15 heavy (non-hydrogen) atoms. The number of halogens is 1. The van der Waals surface area contributed by atoms with Crippen molar-refractivity contribution in [2.24, 2.45) is 0 Å². The van der Waals surface area contributed by atoms with Crippen molar-refractivity contribution in [3.63, 3.8) is 0 Å². The fourth-order valence-electron chi connectivity index (χ4n) is 0.941. The number of carbonyl (C=O) groups excluding carboxylic acids is 1. The Morgan fingerprint density at radius 2 is 2.13 bits per heavy atom. The van der Waals surface area contributed by atoms with Gasteiger partial charge in [0, 0.05) is 11.3 Å². The summed E-state index contributed by atoms with van der Waals surface area (Å²) in [4.78, 5) is 22.4. The number of hydrogen-bond donors (Lipinski definition) is 2. The predicted octanol–water partition coefficient (Wildman–Crippen LogP) is 1.99. The smallest absolute Gasteiger partial charge is 0.303 e. The van der Waals surface area contributed by atoms with Gasteiger partial charge in [-0.3, -0.25) is 9.59 Å². The lowest BCUT2D eigenvalue weighted by molar-refractivity contribution is -0.138. The van der Waals surface area contributed by atoms with Crippen molar-refractivity contribution < 1.29 is 14.7 Å². The molecule has 0 saturated carbocycles. The molecule has 0 atom stereocenters. The summed E-state index contributed by atoms with van der Waals surface area (Å²) < 4.78 is 1.01. The van der Waals surface area contributed by atoms with E-state index in [2.05, 4.69) is 21.2 Å². The fourth-order valence-corrected chi connectivity index (χ4v) is 2.36. The van der Waals surface area contributed by atoms with E-state index >= 15 is 0 Å². The Hall–Kier alpha value is -0.880. The summed E-state index contributed by atoms with van der Waals surface area (Å²) in [6, 6.07) is 3.82. The van der Waals surface area contributed by atoms with Crippen LogP contribution in [0.5, 0.6) is 0 Å². The molecule has 0 aliphatic rings. The van der Waals surface area contributed by atoms with Crippen LogP contribution in [0.1, 0.15) is 17.7 Å². The number of carbonyl (C=O) groups is 2. The van der Waals surface area contributed by atoms with E-state index in [1.807, 2.05) is 12.1 Å². The van der Waals surface area contributed by atoms with Crippen LogP contribution in [0.25, 0.3) is 0 Å². The first-order chi connectivity index (χ1) is 7.08. The Morgan fingerprint density at radius 3 is 2.67 bits per heavy atom. The number of rotatable bonds is 5. The zero-order chi connectivity index (χ0) is 11.3. The normalized spacial score (nSPS) is 9.93. The third-order valence-electron chi connectivity index (χ3n) is 1.65. The first-order valence-electron chi connectivity index (χ1n) is 4.30. The van der Waals surface area contributed by atoms with Gasteiger partial charge in [-0.05, 0) is 28.1 Å². The third-order valence-corrected chi connectivity index (χ3v) is 3.28. The Balaban J connectivity index is 2.25. The highest BCUT2D eigenvalue weighted by Crippen LogP contribution is 2.21. The van der Waals surface area contributed by atoms with Gasteiger partial charge in [0.25, 0.3) is 0 Å². The van der Waals surface area contributed by atoms with E-state index in [0.29, 0.717) is 6.54 Å². The van der Waals surface area contributed by atoms with Gasteiger partial charge in [-0.25, -0.2) is 0 Å². The number of nitrogens with one attached hydrogen (secondary N) is 1. The van der Waals surface area contributed by atoms with Crippen LogP contribution in [0.3, 0.4) is 0 Å². The van der Waals surface area contributed by atoms with Gasteiger partial charge in [0.05, 0.1) is 16.8 Å². The Labute approximate surface area is 99.4 Å². The minimum absolute atomic E-state index is 0.0296. The van der Waals surface area contributed by atoms with Gasteiger partial charge in [-0.15, -0.1) is 11.3 Å². The average Bonchev–Trinajstić information content (AvgIpc) is 2.58. The van der Waals surface area contributed by atoms with E-state index < -0.39 is 5.97 Å². The molecular formula is C9H10BrNO3S. The monoisotopic (exact) mass is 291 g/mol. The quantitative estimate of drug-likeness (QED) is 0.872. The second kappa shape index (κ2) is 5.87. The fraction of sp³-hybridized carbons (Fsp3) is 0.333. The van der Waals surface area contributed by atoms with E-state index in [1.165, 1.54) is 11.3 Å². The van der Waals surface area contributed by atoms with Crippen LogP contribution in [0.15, 0.2) is 15.9 Å². The van der Waals surface area contributed by atoms with Gasteiger partial charge in [0.1, 0.15) is 0 Å². The van der Waals surface area contributed by atoms with E-state index in [1.54, 1.807) is 0 Å². The third kappa shape index (κ3) is 4.94. The lowest BCUT2D eigenvalue weighted by atomic mass is 10.3. The molecular weight excluding hydrogens is 282 g/mol. The topological polar surface area (TPSA) is 66.4 Å². The van der Waals surface area contributed by atoms with Crippen LogP contribution in [0.2, 0.25) is 0 Å². The SMILES string of the molecule is O=C(O)CCC(=O)NCc1ccc(Br)s1. The maximum Gasteiger partial charge on any atom is 0.303 e. The molecule has 1 amide bonds. The van der Waals surface area contributed by atoms with Crippen molar-refractivity contribution in [1.82, 2.24) is 5.32 Å². The van der Waals surface area contributed by atoms with E-state index in [9.17, 15) is 9.59 Å². The van der Waals surface area contributed by atoms with Crippen LogP contribution in [0.4, 0.5) is 0 Å². The molecule has 0 radical (unpaired) electrons. The van der Waals surface area contributed by atoms with Crippen LogP contribution in [-0.2, 0) is 16.1 Å². The number of carboxylic acids is 1. The molecule has 2 N–H and O–H groups in total. The van der Waals surface area contributed by atoms with Crippen molar-refractivity contribution >= 4 is 39.1 Å². The summed E-state index contributed by atoms with van der Waals surface area (Å²) in [5.74, 6) is -1.19. The van der Waals surface area contributed by atoms with Crippen molar-refractivity contribution in [1.29, 1.82) is 0 Å². The van der Waals surface area contributed by atoms with Gasteiger partial charge in [-0.1, -0.05) is 0 Å². The molecule has 82 valence electrons. The number of amides is 1. The highest BCUT2D eigenvalue weighted by atomic mass is 79.9. The number of aliphatic carboxylic acids is 1. The maximum absolute atomic E-state index is 11.1. The summed E-state index contributed by atoms with van der Waals surface area (Å²) in [7, 11) is 0. The molecule has 0 fully saturated rings. The van der Waals surface area contributed by atoms with Crippen molar-refractivity contribution in [2.45, 2.75) is 19.4 Å². The molecule has 0 bridgehead atoms. The van der Waals surface area contributed by atoms with Gasteiger partial charge in [-0.2, -0.15) is 0 Å². The number of carboxylic acid groups (broad SMARTS) is 1. The van der Waals surface area contributed by atoms with Crippen molar-refractivity contribution in [2.75, 3.05) is 0 Å². The van der Waals surface area contributed by atoms with Crippen LogP contribution in [-0.4, -0.2) is 17.0 Å². The highest BCUT2D eigenvalue weighted by molar-refractivity contribution is 9.11. The first kappa shape index (κ1) is 12.2. The van der Waals surface area contributed by atoms with Gasteiger partial charge in [0.15, 0.2) is 0 Å². The zero-order valence-electron chi connectivity index (χ0n) is 7.83. The molecule has 0 saturated heterocycles.